The van der Waals surface area contributed by atoms with Crippen LogP contribution < -0.4 is 0 Å². The van der Waals surface area contributed by atoms with Gasteiger partial charge in [0.2, 0.25) is 0 Å². The van der Waals surface area contributed by atoms with Crippen LogP contribution in [0, 0.1) is 0 Å². The van der Waals surface area contributed by atoms with E-state index in [1.165, 1.54) is 0 Å². The van der Waals surface area contributed by atoms with Gasteiger partial charge in [0, 0.05) is 6.42 Å². The molecule has 7 nitrogen and oxygen atoms in total. The SMILES string of the molecule is C=CC(C(F)CCCC(=O)O)N(C(=O)OC(C)(C)C)C(=O)OC(C)(C)C. The number of aliphatic carboxylic acids is 1. The summed E-state index contributed by atoms with van der Waals surface area (Å²) in [5.74, 6) is -1.05. The first-order valence-electron chi connectivity index (χ1n) is 8.41. The van der Waals surface area contributed by atoms with Crippen LogP contribution in [0.5, 0.6) is 0 Å². The molecule has 0 radical (unpaired) electrons. The lowest BCUT2D eigenvalue weighted by molar-refractivity contribution is -0.137. The van der Waals surface area contributed by atoms with Gasteiger partial charge in [0.1, 0.15) is 17.4 Å². The van der Waals surface area contributed by atoms with Crippen LogP contribution in [-0.2, 0) is 14.3 Å². The molecule has 8 heteroatoms. The molecular formula is C18H30FNO6. The second kappa shape index (κ2) is 9.54. The molecule has 26 heavy (non-hydrogen) atoms. The normalized spacial score (nSPS) is 14.1. The highest BCUT2D eigenvalue weighted by atomic mass is 19.1. The minimum absolute atomic E-state index is 0.0529. The Bertz CT molecular complexity index is 493. The van der Waals surface area contributed by atoms with Crippen molar-refractivity contribution in [1.82, 2.24) is 4.90 Å². The van der Waals surface area contributed by atoms with E-state index in [2.05, 4.69) is 6.58 Å². The highest BCUT2D eigenvalue weighted by Crippen LogP contribution is 2.22. The zero-order valence-corrected chi connectivity index (χ0v) is 16.4. The zero-order chi connectivity index (χ0) is 20.7. The molecule has 1 N–H and O–H groups in total. The Morgan fingerprint density at radius 1 is 1.08 bits per heavy atom. The van der Waals surface area contributed by atoms with Crippen LogP contribution in [0.25, 0.3) is 0 Å². The maximum absolute atomic E-state index is 14.6. The fraction of sp³-hybridized carbons (Fsp3) is 0.722. The minimum Gasteiger partial charge on any atom is -0.481 e. The van der Waals surface area contributed by atoms with E-state index >= 15 is 0 Å². The number of carbonyl (C=O) groups is 3. The summed E-state index contributed by atoms with van der Waals surface area (Å²) in [6.45, 7) is 13.2. The number of hydrogen-bond donors (Lipinski definition) is 1. The summed E-state index contributed by atoms with van der Waals surface area (Å²) in [5.41, 5.74) is -1.81. The first-order valence-corrected chi connectivity index (χ1v) is 8.41. The maximum atomic E-state index is 14.6. The van der Waals surface area contributed by atoms with Crippen molar-refractivity contribution in [2.45, 2.75) is 84.2 Å². The summed E-state index contributed by atoms with van der Waals surface area (Å²) in [5, 5.41) is 8.66. The highest BCUT2D eigenvalue weighted by Gasteiger charge is 2.39. The number of carbonyl (C=O) groups excluding carboxylic acids is 2. The van der Waals surface area contributed by atoms with Crippen LogP contribution in [0.3, 0.4) is 0 Å². The van der Waals surface area contributed by atoms with E-state index < -0.39 is 41.6 Å². The van der Waals surface area contributed by atoms with Gasteiger partial charge in [0.15, 0.2) is 0 Å². The molecule has 0 rings (SSSR count). The van der Waals surface area contributed by atoms with E-state index in [0.717, 1.165) is 6.08 Å². The highest BCUT2D eigenvalue weighted by molar-refractivity contribution is 5.89. The molecule has 0 spiro atoms. The molecule has 0 fully saturated rings. The summed E-state index contributed by atoms with van der Waals surface area (Å²) in [6, 6.07) is -1.34. The number of halogens is 1. The Labute approximate surface area is 154 Å². The zero-order valence-electron chi connectivity index (χ0n) is 16.4. The molecule has 0 aliphatic heterocycles. The maximum Gasteiger partial charge on any atom is 0.420 e. The molecular weight excluding hydrogens is 345 g/mol. The van der Waals surface area contributed by atoms with Crippen molar-refractivity contribution in [3.8, 4) is 0 Å². The fourth-order valence-electron chi connectivity index (χ4n) is 1.97. The van der Waals surface area contributed by atoms with Crippen LogP contribution in [0.1, 0.15) is 60.8 Å². The lowest BCUT2D eigenvalue weighted by Gasteiger charge is -2.33. The minimum atomic E-state index is -1.70. The monoisotopic (exact) mass is 375 g/mol. The van der Waals surface area contributed by atoms with Crippen molar-refractivity contribution in [2.24, 2.45) is 0 Å². The van der Waals surface area contributed by atoms with E-state index in [9.17, 15) is 18.8 Å². The predicted molar refractivity (Wildman–Crippen MR) is 94.7 cm³/mol. The van der Waals surface area contributed by atoms with Crippen molar-refractivity contribution in [1.29, 1.82) is 0 Å². The summed E-state index contributed by atoms with van der Waals surface area (Å²) >= 11 is 0. The van der Waals surface area contributed by atoms with Crippen molar-refractivity contribution in [3.05, 3.63) is 12.7 Å². The number of ether oxygens (including phenoxy) is 2. The number of carboxylic acids is 1. The second-order valence-electron chi connectivity index (χ2n) is 7.86. The van der Waals surface area contributed by atoms with Gasteiger partial charge in [0.05, 0.1) is 6.04 Å². The molecule has 0 aromatic heterocycles. The average Bonchev–Trinajstić information content (AvgIpc) is 2.39. The number of rotatable bonds is 7. The van der Waals surface area contributed by atoms with Gasteiger partial charge in [-0.3, -0.25) is 4.79 Å². The third-order valence-corrected chi connectivity index (χ3v) is 2.96. The van der Waals surface area contributed by atoms with Crippen LogP contribution in [-0.4, -0.2) is 51.6 Å². The van der Waals surface area contributed by atoms with Crippen LogP contribution in [0.4, 0.5) is 14.0 Å². The smallest absolute Gasteiger partial charge is 0.420 e. The van der Waals surface area contributed by atoms with Gasteiger partial charge < -0.3 is 14.6 Å². The van der Waals surface area contributed by atoms with E-state index in [1.807, 2.05) is 0 Å². The number of imide groups is 1. The van der Waals surface area contributed by atoms with Gasteiger partial charge in [-0.2, -0.15) is 0 Å². The first-order chi connectivity index (χ1) is 11.7. The van der Waals surface area contributed by atoms with Gasteiger partial charge >= 0.3 is 18.2 Å². The number of amides is 2. The Hall–Kier alpha value is -2.12. The lowest BCUT2D eigenvalue weighted by Crippen LogP contribution is -2.51. The van der Waals surface area contributed by atoms with Gasteiger partial charge in [-0.05, 0) is 54.4 Å². The van der Waals surface area contributed by atoms with Crippen molar-refractivity contribution in [2.75, 3.05) is 0 Å². The van der Waals surface area contributed by atoms with E-state index in [-0.39, 0.29) is 19.3 Å². The van der Waals surface area contributed by atoms with Gasteiger partial charge in [-0.25, -0.2) is 18.9 Å². The largest absolute Gasteiger partial charge is 0.481 e. The number of alkyl halides is 1. The van der Waals surface area contributed by atoms with E-state index in [4.69, 9.17) is 14.6 Å². The Kier molecular flexibility index (Phi) is 8.76. The summed E-state index contributed by atoms with van der Waals surface area (Å²) < 4.78 is 25.0. The summed E-state index contributed by atoms with van der Waals surface area (Å²) in [7, 11) is 0. The molecule has 0 aliphatic carbocycles. The molecule has 2 atom stereocenters. The van der Waals surface area contributed by atoms with Crippen molar-refractivity contribution >= 4 is 18.2 Å². The summed E-state index contributed by atoms with van der Waals surface area (Å²) in [6.07, 6.45) is -3.04. The quantitative estimate of drug-likeness (QED) is 0.667. The molecule has 0 heterocycles. The predicted octanol–water partition coefficient (Wildman–Crippen LogP) is 4.31. The molecule has 0 aromatic carbocycles. The Morgan fingerprint density at radius 2 is 1.50 bits per heavy atom. The first kappa shape index (κ1) is 23.9. The topological polar surface area (TPSA) is 93.1 Å². The fourth-order valence-corrected chi connectivity index (χ4v) is 1.97. The molecule has 2 amide bonds. The molecule has 0 saturated carbocycles. The lowest BCUT2D eigenvalue weighted by atomic mass is 10.0. The molecule has 0 bridgehead atoms. The number of carboxylic acid groups (broad SMARTS) is 1. The third-order valence-electron chi connectivity index (χ3n) is 2.96. The molecule has 0 aliphatic rings. The van der Waals surface area contributed by atoms with Crippen molar-refractivity contribution in [3.63, 3.8) is 0 Å². The number of nitrogens with zero attached hydrogens (tertiary/aromatic N) is 1. The Morgan fingerprint density at radius 3 is 1.81 bits per heavy atom. The van der Waals surface area contributed by atoms with Gasteiger partial charge in [0.25, 0.3) is 0 Å². The second-order valence-corrected chi connectivity index (χ2v) is 7.86. The van der Waals surface area contributed by atoms with Crippen LogP contribution >= 0.6 is 0 Å². The standard InChI is InChI=1S/C18H30FNO6/c1-8-13(12(19)10-9-11-14(21)22)20(15(23)25-17(2,3)4)16(24)26-18(5,6)7/h8,12-13H,1,9-11H2,2-7H3,(H,21,22). The number of hydrogen-bond acceptors (Lipinski definition) is 5. The molecule has 150 valence electrons. The third kappa shape index (κ3) is 9.39. The van der Waals surface area contributed by atoms with E-state index in [0.29, 0.717) is 4.90 Å². The van der Waals surface area contributed by atoms with E-state index in [1.54, 1.807) is 41.5 Å². The average molecular weight is 375 g/mol. The van der Waals surface area contributed by atoms with Crippen LogP contribution in [0.15, 0.2) is 12.7 Å². The van der Waals surface area contributed by atoms with Gasteiger partial charge in [-0.1, -0.05) is 6.08 Å². The van der Waals surface area contributed by atoms with Crippen molar-refractivity contribution < 1.29 is 33.4 Å². The molecule has 2 unspecified atom stereocenters. The van der Waals surface area contributed by atoms with Gasteiger partial charge in [-0.15, -0.1) is 6.58 Å². The molecule has 0 saturated heterocycles. The Balaban J connectivity index is 5.49. The van der Waals surface area contributed by atoms with Crippen LogP contribution in [0.2, 0.25) is 0 Å². The summed E-state index contributed by atoms with van der Waals surface area (Å²) in [4.78, 5) is 36.1. The molecule has 0 aromatic rings.